The van der Waals surface area contributed by atoms with E-state index < -0.39 is 11.2 Å². The molecule has 1 heterocycles. The Bertz CT molecular complexity index is 317. The van der Waals surface area contributed by atoms with Crippen molar-refractivity contribution in [3.8, 4) is 0 Å². The highest BCUT2D eigenvalue weighted by atomic mass is 32.2. The van der Waals surface area contributed by atoms with Crippen molar-refractivity contribution in [3.63, 3.8) is 0 Å². The van der Waals surface area contributed by atoms with Gasteiger partial charge in [0.25, 0.3) is 0 Å². The second kappa shape index (κ2) is 4.23. The summed E-state index contributed by atoms with van der Waals surface area (Å²) < 4.78 is 0. The summed E-state index contributed by atoms with van der Waals surface area (Å²) in [7, 11) is 0. The third kappa shape index (κ3) is 3.02. The van der Waals surface area contributed by atoms with E-state index in [0.29, 0.717) is 5.03 Å². The molecule has 1 rings (SSSR count). The van der Waals surface area contributed by atoms with Gasteiger partial charge < -0.3 is 5.11 Å². The topological polar surface area (TPSA) is 63.1 Å². The molecule has 0 aliphatic rings. The van der Waals surface area contributed by atoms with Crippen LogP contribution in [0.15, 0.2) is 17.3 Å². The van der Waals surface area contributed by atoms with Gasteiger partial charge in [-0.3, -0.25) is 4.79 Å². The number of carboxylic acids is 1. The molecule has 0 amide bonds. The van der Waals surface area contributed by atoms with Crippen LogP contribution < -0.4 is 0 Å². The zero-order valence-electron chi connectivity index (χ0n) is 7.39. The fraction of sp³-hybridized carbons (Fsp3) is 0.375. The van der Waals surface area contributed by atoms with Crippen molar-refractivity contribution < 1.29 is 9.90 Å². The van der Waals surface area contributed by atoms with Crippen LogP contribution in [0.5, 0.6) is 0 Å². The first-order valence-electron chi connectivity index (χ1n) is 3.78. The third-order valence-corrected chi connectivity index (χ3v) is 2.41. The largest absolute Gasteiger partial charge is 0.480 e. The highest BCUT2D eigenvalue weighted by molar-refractivity contribution is 8.00. The quantitative estimate of drug-likeness (QED) is 0.743. The number of aryl methyl sites for hydroxylation is 1. The average molecular weight is 198 g/mol. The SMILES string of the molecule is Cc1cnnc(SC(C)C(=O)O)c1. The number of nitrogens with zero attached hydrogens (tertiary/aromatic N) is 2. The minimum atomic E-state index is -0.840. The van der Waals surface area contributed by atoms with Crippen LogP contribution in [-0.2, 0) is 4.79 Å². The Kier molecular flexibility index (Phi) is 3.25. The summed E-state index contributed by atoms with van der Waals surface area (Å²) >= 11 is 1.19. The molecule has 1 N–H and O–H groups in total. The van der Waals surface area contributed by atoms with Gasteiger partial charge in [0.05, 0.1) is 6.20 Å². The standard InChI is InChI=1S/C8H10N2O2S/c1-5-3-7(10-9-4-5)13-6(2)8(11)12/h3-4,6H,1-2H3,(H,11,12). The number of aliphatic carboxylic acids is 1. The van der Waals surface area contributed by atoms with Gasteiger partial charge in [-0.2, -0.15) is 5.10 Å². The minimum absolute atomic E-state index is 0.490. The summed E-state index contributed by atoms with van der Waals surface area (Å²) in [4.78, 5) is 10.5. The maximum atomic E-state index is 10.5. The molecule has 4 nitrogen and oxygen atoms in total. The van der Waals surface area contributed by atoms with Crippen LogP contribution in [-0.4, -0.2) is 26.5 Å². The van der Waals surface area contributed by atoms with Crippen LogP contribution >= 0.6 is 11.8 Å². The molecule has 5 heteroatoms. The summed E-state index contributed by atoms with van der Waals surface area (Å²) in [6.45, 7) is 3.52. The monoisotopic (exact) mass is 198 g/mol. The van der Waals surface area contributed by atoms with Crippen LogP contribution in [0, 0.1) is 6.92 Å². The lowest BCUT2D eigenvalue weighted by molar-refractivity contribution is -0.136. The first kappa shape index (κ1) is 9.98. The van der Waals surface area contributed by atoms with Crippen molar-refractivity contribution in [3.05, 3.63) is 17.8 Å². The van der Waals surface area contributed by atoms with E-state index in [0.717, 1.165) is 5.56 Å². The molecule has 0 aliphatic carbocycles. The molecule has 1 aromatic heterocycles. The summed E-state index contributed by atoms with van der Waals surface area (Å²) in [6.07, 6.45) is 1.63. The Hall–Kier alpha value is -1.10. The highest BCUT2D eigenvalue weighted by Gasteiger charge is 2.13. The number of rotatable bonds is 3. The van der Waals surface area contributed by atoms with E-state index in [4.69, 9.17) is 5.11 Å². The van der Waals surface area contributed by atoms with Crippen LogP contribution in [0.1, 0.15) is 12.5 Å². The van der Waals surface area contributed by atoms with Gasteiger partial charge >= 0.3 is 5.97 Å². The van der Waals surface area contributed by atoms with Crippen LogP contribution in [0.2, 0.25) is 0 Å². The Morgan fingerprint density at radius 3 is 2.92 bits per heavy atom. The smallest absolute Gasteiger partial charge is 0.316 e. The van der Waals surface area contributed by atoms with Gasteiger partial charge in [0.15, 0.2) is 0 Å². The molecule has 70 valence electrons. The zero-order chi connectivity index (χ0) is 9.84. The van der Waals surface area contributed by atoms with Gasteiger partial charge in [-0.1, -0.05) is 11.8 Å². The number of thioether (sulfide) groups is 1. The molecule has 0 saturated heterocycles. The molecule has 0 spiro atoms. The van der Waals surface area contributed by atoms with Crippen LogP contribution in [0.3, 0.4) is 0 Å². The Labute approximate surface area is 80.4 Å². The Morgan fingerprint density at radius 1 is 1.69 bits per heavy atom. The first-order valence-corrected chi connectivity index (χ1v) is 4.66. The third-order valence-electron chi connectivity index (χ3n) is 1.41. The van der Waals surface area contributed by atoms with Gasteiger partial charge in [0, 0.05) is 0 Å². The Balaban J connectivity index is 2.69. The normalized spacial score (nSPS) is 12.5. The number of aromatic nitrogens is 2. The Morgan fingerprint density at radius 2 is 2.38 bits per heavy atom. The highest BCUT2D eigenvalue weighted by Crippen LogP contribution is 2.20. The fourth-order valence-electron chi connectivity index (χ4n) is 0.727. The number of carbonyl (C=O) groups is 1. The van der Waals surface area contributed by atoms with Crippen LogP contribution in [0.25, 0.3) is 0 Å². The van der Waals surface area contributed by atoms with Crippen molar-refractivity contribution in [1.82, 2.24) is 10.2 Å². The van der Waals surface area contributed by atoms with E-state index in [1.807, 2.05) is 13.0 Å². The van der Waals surface area contributed by atoms with Gasteiger partial charge in [-0.25, -0.2) is 0 Å². The lowest BCUT2D eigenvalue weighted by Crippen LogP contribution is -2.11. The van der Waals surface area contributed by atoms with Crippen molar-refractivity contribution in [1.29, 1.82) is 0 Å². The molecule has 1 atom stereocenters. The maximum absolute atomic E-state index is 10.5. The molecule has 0 bridgehead atoms. The van der Waals surface area contributed by atoms with E-state index in [9.17, 15) is 4.79 Å². The van der Waals surface area contributed by atoms with E-state index in [1.54, 1.807) is 13.1 Å². The molecule has 1 aromatic rings. The lowest BCUT2D eigenvalue weighted by atomic mass is 10.4. The second-order valence-electron chi connectivity index (χ2n) is 2.67. The average Bonchev–Trinajstić information content (AvgIpc) is 2.04. The van der Waals surface area contributed by atoms with Crippen molar-refractivity contribution >= 4 is 17.7 Å². The van der Waals surface area contributed by atoms with E-state index in [1.165, 1.54) is 11.8 Å². The minimum Gasteiger partial charge on any atom is -0.480 e. The summed E-state index contributed by atoms with van der Waals surface area (Å²) in [5.41, 5.74) is 0.982. The fourth-order valence-corrected chi connectivity index (χ4v) is 1.54. The number of carboxylic acid groups (broad SMARTS) is 1. The molecular formula is C8H10N2O2S. The predicted molar refractivity (Wildman–Crippen MR) is 49.7 cm³/mol. The maximum Gasteiger partial charge on any atom is 0.316 e. The molecule has 0 saturated carbocycles. The number of hydrogen-bond acceptors (Lipinski definition) is 4. The number of hydrogen-bond donors (Lipinski definition) is 1. The van der Waals surface area contributed by atoms with Crippen molar-refractivity contribution in [2.75, 3.05) is 0 Å². The van der Waals surface area contributed by atoms with Gasteiger partial charge in [0.1, 0.15) is 10.3 Å². The molecule has 13 heavy (non-hydrogen) atoms. The second-order valence-corrected chi connectivity index (χ2v) is 4.03. The van der Waals surface area contributed by atoms with E-state index in [2.05, 4.69) is 10.2 Å². The molecule has 0 aliphatic heterocycles. The molecule has 1 unspecified atom stereocenters. The summed E-state index contributed by atoms with van der Waals surface area (Å²) in [6, 6.07) is 1.82. The van der Waals surface area contributed by atoms with Crippen molar-refractivity contribution in [2.24, 2.45) is 0 Å². The molecule has 0 radical (unpaired) electrons. The van der Waals surface area contributed by atoms with Crippen LogP contribution in [0.4, 0.5) is 0 Å². The molecular weight excluding hydrogens is 188 g/mol. The predicted octanol–water partition coefficient (Wildman–Crippen LogP) is 1.35. The van der Waals surface area contributed by atoms with Gasteiger partial charge in [-0.05, 0) is 25.5 Å². The van der Waals surface area contributed by atoms with Gasteiger partial charge in [0.2, 0.25) is 0 Å². The van der Waals surface area contributed by atoms with Gasteiger partial charge in [-0.15, -0.1) is 5.10 Å². The summed E-state index contributed by atoms with van der Waals surface area (Å²) in [5, 5.41) is 16.3. The van der Waals surface area contributed by atoms with E-state index >= 15 is 0 Å². The van der Waals surface area contributed by atoms with Crippen molar-refractivity contribution in [2.45, 2.75) is 24.1 Å². The molecule has 0 aromatic carbocycles. The zero-order valence-corrected chi connectivity index (χ0v) is 8.21. The molecule has 0 fully saturated rings. The van der Waals surface area contributed by atoms with E-state index in [-0.39, 0.29) is 0 Å². The lowest BCUT2D eigenvalue weighted by Gasteiger charge is -2.03. The summed E-state index contributed by atoms with van der Waals surface area (Å²) in [5.74, 6) is -0.840. The first-order chi connectivity index (χ1) is 6.09.